The SMILES string of the molecule is O=C(O)/C=C(\C(=O)O)C(F)(F)F. The van der Waals surface area contributed by atoms with Crippen LogP contribution in [0.2, 0.25) is 0 Å². The second kappa shape index (κ2) is 3.24. The molecule has 0 unspecified atom stereocenters. The van der Waals surface area contributed by atoms with Gasteiger partial charge in [-0.25, -0.2) is 9.59 Å². The van der Waals surface area contributed by atoms with Crippen LogP contribution in [-0.4, -0.2) is 28.3 Å². The second-order valence-corrected chi connectivity index (χ2v) is 1.70. The smallest absolute Gasteiger partial charge is 0.423 e. The number of rotatable bonds is 2. The molecule has 0 amide bonds. The van der Waals surface area contributed by atoms with E-state index in [-0.39, 0.29) is 0 Å². The van der Waals surface area contributed by atoms with Crippen LogP contribution in [0, 0.1) is 0 Å². The van der Waals surface area contributed by atoms with E-state index in [9.17, 15) is 22.8 Å². The van der Waals surface area contributed by atoms with Gasteiger partial charge < -0.3 is 10.2 Å². The number of hydrogen-bond acceptors (Lipinski definition) is 2. The molecule has 68 valence electrons. The lowest BCUT2D eigenvalue weighted by Crippen LogP contribution is -2.20. The van der Waals surface area contributed by atoms with E-state index in [4.69, 9.17) is 10.2 Å². The number of carboxylic acids is 2. The minimum Gasteiger partial charge on any atom is -0.478 e. The van der Waals surface area contributed by atoms with E-state index in [0.717, 1.165) is 0 Å². The molecule has 0 atom stereocenters. The van der Waals surface area contributed by atoms with E-state index >= 15 is 0 Å². The van der Waals surface area contributed by atoms with E-state index in [0.29, 0.717) is 0 Å². The number of halogens is 3. The van der Waals surface area contributed by atoms with Crippen molar-refractivity contribution in [3.8, 4) is 0 Å². The molecule has 0 saturated heterocycles. The van der Waals surface area contributed by atoms with Crippen molar-refractivity contribution in [3.05, 3.63) is 11.6 Å². The fourth-order valence-corrected chi connectivity index (χ4v) is 0.388. The van der Waals surface area contributed by atoms with Crippen molar-refractivity contribution in [3.63, 3.8) is 0 Å². The summed E-state index contributed by atoms with van der Waals surface area (Å²) in [4.78, 5) is 19.6. The van der Waals surface area contributed by atoms with Crippen LogP contribution in [0.15, 0.2) is 11.6 Å². The van der Waals surface area contributed by atoms with Gasteiger partial charge in [0.15, 0.2) is 0 Å². The van der Waals surface area contributed by atoms with Crippen molar-refractivity contribution in [2.45, 2.75) is 6.18 Å². The molecule has 0 aromatic heterocycles. The predicted molar refractivity (Wildman–Crippen MR) is 29.4 cm³/mol. The van der Waals surface area contributed by atoms with E-state index in [2.05, 4.69) is 0 Å². The Morgan fingerprint density at radius 3 is 1.67 bits per heavy atom. The molecule has 0 radical (unpaired) electrons. The lowest BCUT2D eigenvalue weighted by atomic mass is 10.2. The van der Waals surface area contributed by atoms with Crippen LogP contribution < -0.4 is 0 Å². The first-order valence-corrected chi connectivity index (χ1v) is 2.50. The highest BCUT2D eigenvalue weighted by atomic mass is 19.4. The predicted octanol–water partition coefficient (Wildman–Crippen LogP) is 0.644. The zero-order valence-electron chi connectivity index (χ0n) is 5.42. The third-order valence-electron chi connectivity index (χ3n) is 0.804. The first kappa shape index (κ1) is 10.5. The Morgan fingerprint density at radius 1 is 1.17 bits per heavy atom. The summed E-state index contributed by atoms with van der Waals surface area (Å²) in [7, 11) is 0. The zero-order valence-corrected chi connectivity index (χ0v) is 5.42. The van der Waals surface area contributed by atoms with E-state index < -0.39 is 29.8 Å². The number of aliphatic carboxylic acids is 2. The molecular weight excluding hydrogens is 181 g/mol. The summed E-state index contributed by atoms with van der Waals surface area (Å²) < 4.78 is 34.9. The Hall–Kier alpha value is -1.53. The molecule has 12 heavy (non-hydrogen) atoms. The Kier molecular flexibility index (Phi) is 2.83. The van der Waals surface area contributed by atoms with Gasteiger partial charge in [-0.15, -0.1) is 0 Å². The molecule has 0 aliphatic carbocycles. The molecule has 0 fully saturated rings. The monoisotopic (exact) mass is 184 g/mol. The molecule has 0 bridgehead atoms. The van der Waals surface area contributed by atoms with Crippen LogP contribution in [0.25, 0.3) is 0 Å². The summed E-state index contributed by atoms with van der Waals surface area (Å²) in [5.41, 5.74) is -2.10. The van der Waals surface area contributed by atoms with E-state index in [1.54, 1.807) is 0 Å². The zero-order chi connectivity index (χ0) is 9.94. The number of carbonyl (C=O) groups is 2. The van der Waals surface area contributed by atoms with Gasteiger partial charge in [0, 0.05) is 6.08 Å². The van der Waals surface area contributed by atoms with Crippen LogP contribution in [0.1, 0.15) is 0 Å². The molecule has 0 aliphatic heterocycles. The summed E-state index contributed by atoms with van der Waals surface area (Å²) >= 11 is 0. The summed E-state index contributed by atoms with van der Waals surface area (Å²) in [6, 6.07) is 0. The first-order valence-electron chi connectivity index (χ1n) is 2.50. The van der Waals surface area contributed by atoms with E-state index in [1.807, 2.05) is 0 Å². The average Bonchev–Trinajstić information content (AvgIpc) is 1.79. The maximum Gasteiger partial charge on any atom is 0.423 e. The van der Waals surface area contributed by atoms with Crippen LogP contribution in [0.4, 0.5) is 13.2 Å². The molecule has 0 saturated carbocycles. The minimum absolute atomic E-state index is 0.400. The summed E-state index contributed by atoms with van der Waals surface area (Å²) in [5.74, 6) is -4.27. The number of carboxylic acid groups (broad SMARTS) is 2. The maximum atomic E-state index is 11.6. The average molecular weight is 184 g/mol. The topological polar surface area (TPSA) is 74.6 Å². The van der Waals surface area contributed by atoms with Crippen LogP contribution in [0.3, 0.4) is 0 Å². The molecule has 4 nitrogen and oxygen atoms in total. The van der Waals surface area contributed by atoms with Gasteiger partial charge in [0.25, 0.3) is 0 Å². The standard InChI is InChI=1S/C5H3F3O4/c6-5(7,8)2(4(11)12)1-3(9)10/h1H,(H,9,10)(H,11,12)/b2-1+. The van der Waals surface area contributed by atoms with Crippen molar-refractivity contribution in [1.82, 2.24) is 0 Å². The maximum absolute atomic E-state index is 11.6. The molecular formula is C5H3F3O4. The Morgan fingerprint density at radius 2 is 1.58 bits per heavy atom. The number of hydrogen-bond donors (Lipinski definition) is 2. The summed E-state index contributed by atoms with van der Waals surface area (Å²) in [5, 5.41) is 15.8. The van der Waals surface area contributed by atoms with Crippen molar-refractivity contribution >= 4 is 11.9 Å². The fraction of sp³-hybridized carbons (Fsp3) is 0.200. The largest absolute Gasteiger partial charge is 0.478 e. The van der Waals surface area contributed by atoms with Crippen molar-refractivity contribution in [1.29, 1.82) is 0 Å². The molecule has 0 aromatic carbocycles. The van der Waals surface area contributed by atoms with Gasteiger partial charge in [0.1, 0.15) is 5.57 Å². The summed E-state index contributed by atoms with van der Waals surface area (Å²) in [6.45, 7) is 0. The molecule has 0 aliphatic rings. The molecule has 0 heterocycles. The van der Waals surface area contributed by atoms with Gasteiger partial charge in [0.2, 0.25) is 0 Å². The lowest BCUT2D eigenvalue weighted by Gasteiger charge is -2.04. The lowest BCUT2D eigenvalue weighted by molar-refractivity contribution is -0.146. The molecule has 2 N–H and O–H groups in total. The quantitative estimate of drug-likeness (QED) is 0.617. The van der Waals surface area contributed by atoms with Gasteiger partial charge in [-0.05, 0) is 0 Å². The van der Waals surface area contributed by atoms with Gasteiger partial charge in [-0.1, -0.05) is 0 Å². The van der Waals surface area contributed by atoms with Crippen molar-refractivity contribution in [2.75, 3.05) is 0 Å². The minimum atomic E-state index is -5.15. The highest BCUT2D eigenvalue weighted by Gasteiger charge is 2.39. The highest BCUT2D eigenvalue weighted by Crippen LogP contribution is 2.25. The first-order chi connectivity index (χ1) is 5.25. The normalized spacial score (nSPS) is 12.8. The highest BCUT2D eigenvalue weighted by molar-refractivity contribution is 5.95. The van der Waals surface area contributed by atoms with Crippen molar-refractivity contribution < 1.29 is 33.0 Å². The second-order valence-electron chi connectivity index (χ2n) is 1.70. The van der Waals surface area contributed by atoms with Gasteiger partial charge in [0.05, 0.1) is 0 Å². The molecule has 7 heteroatoms. The Balaban J connectivity index is 4.94. The molecule has 0 aromatic rings. The van der Waals surface area contributed by atoms with Crippen LogP contribution >= 0.6 is 0 Å². The molecule has 0 spiro atoms. The van der Waals surface area contributed by atoms with Crippen LogP contribution in [-0.2, 0) is 9.59 Å². The van der Waals surface area contributed by atoms with Gasteiger partial charge in [-0.3, -0.25) is 0 Å². The van der Waals surface area contributed by atoms with Crippen LogP contribution in [0.5, 0.6) is 0 Å². The Bertz CT molecular complexity index is 240. The fourth-order valence-electron chi connectivity index (χ4n) is 0.388. The third-order valence-corrected chi connectivity index (χ3v) is 0.804. The third kappa shape index (κ3) is 3.04. The van der Waals surface area contributed by atoms with E-state index in [1.165, 1.54) is 0 Å². The van der Waals surface area contributed by atoms with Gasteiger partial charge in [-0.2, -0.15) is 13.2 Å². The van der Waals surface area contributed by atoms with Crippen molar-refractivity contribution in [2.24, 2.45) is 0 Å². The Labute approximate surface area is 63.9 Å². The molecule has 0 rings (SSSR count). The summed E-state index contributed by atoms with van der Waals surface area (Å²) in [6.07, 6.45) is -5.55. The number of alkyl halides is 3. The van der Waals surface area contributed by atoms with Gasteiger partial charge >= 0.3 is 18.1 Å².